The van der Waals surface area contributed by atoms with Gasteiger partial charge in [0.1, 0.15) is 0 Å². The second-order valence-electron chi connectivity index (χ2n) is 6.97. The molecule has 1 aliphatic heterocycles. The van der Waals surface area contributed by atoms with E-state index in [0.29, 0.717) is 5.41 Å². The molecule has 1 aliphatic carbocycles. The van der Waals surface area contributed by atoms with Gasteiger partial charge in [-0.15, -0.1) is 0 Å². The lowest BCUT2D eigenvalue weighted by Crippen LogP contribution is -2.35. The van der Waals surface area contributed by atoms with Gasteiger partial charge < -0.3 is 5.32 Å². The Hall–Kier alpha value is -0.0800. The molecule has 0 spiro atoms. The summed E-state index contributed by atoms with van der Waals surface area (Å²) < 4.78 is 0. The topological polar surface area (TPSA) is 15.3 Å². The predicted octanol–water partition coefficient (Wildman–Crippen LogP) is 2.64. The Bertz CT molecular complexity index is 227. The van der Waals surface area contributed by atoms with Crippen molar-refractivity contribution in [2.75, 3.05) is 13.1 Å². The van der Waals surface area contributed by atoms with Gasteiger partial charge in [-0.05, 0) is 44.6 Å². The third-order valence-electron chi connectivity index (χ3n) is 3.95. The summed E-state index contributed by atoms with van der Waals surface area (Å²) in [6, 6.07) is 2.49. The van der Waals surface area contributed by atoms with Crippen LogP contribution in [0.25, 0.3) is 0 Å². The van der Waals surface area contributed by atoms with Crippen molar-refractivity contribution in [1.29, 1.82) is 0 Å². The van der Waals surface area contributed by atoms with Gasteiger partial charge in [0.25, 0.3) is 0 Å². The van der Waals surface area contributed by atoms with Crippen molar-refractivity contribution in [1.82, 2.24) is 10.2 Å². The molecule has 1 saturated carbocycles. The minimum atomic E-state index is 0.466. The average molecular weight is 224 g/mol. The maximum atomic E-state index is 3.74. The highest BCUT2D eigenvalue weighted by atomic mass is 15.3. The number of rotatable bonds is 4. The largest absolute Gasteiger partial charge is 0.313 e. The van der Waals surface area contributed by atoms with Crippen molar-refractivity contribution in [3.63, 3.8) is 0 Å². The van der Waals surface area contributed by atoms with Crippen LogP contribution in [0.15, 0.2) is 0 Å². The molecule has 0 aromatic rings. The Balaban J connectivity index is 1.68. The summed E-state index contributed by atoms with van der Waals surface area (Å²) in [6.45, 7) is 11.8. The molecule has 0 amide bonds. The standard InChI is InChI=1S/C14H28N2/c1-11-9-12(10-16(11)13-5-6-13)15-8-7-14(2,3)4/h11-13,15H,5-10H2,1-4H3. The molecular formula is C14H28N2. The summed E-state index contributed by atoms with van der Waals surface area (Å²) in [7, 11) is 0. The van der Waals surface area contributed by atoms with Crippen LogP contribution in [0.2, 0.25) is 0 Å². The minimum absolute atomic E-state index is 0.466. The molecular weight excluding hydrogens is 196 g/mol. The molecule has 2 aliphatic rings. The van der Waals surface area contributed by atoms with E-state index in [4.69, 9.17) is 0 Å². The number of hydrogen-bond acceptors (Lipinski definition) is 2. The normalized spacial score (nSPS) is 32.2. The Morgan fingerprint density at radius 2 is 1.94 bits per heavy atom. The second-order valence-corrected chi connectivity index (χ2v) is 6.97. The van der Waals surface area contributed by atoms with E-state index in [1.807, 2.05) is 0 Å². The SMILES string of the molecule is CC1CC(NCCC(C)(C)C)CN1C1CC1. The molecule has 0 radical (unpaired) electrons. The molecule has 0 aromatic heterocycles. The third-order valence-corrected chi connectivity index (χ3v) is 3.95. The van der Waals surface area contributed by atoms with Crippen LogP contribution in [-0.2, 0) is 0 Å². The highest BCUT2D eigenvalue weighted by Gasteiger charge is 2.38. The zero-order valence-electron chi connectivity index (χ0n) is 11.4. The minimum Gasteiger partial charge on any atom is -0.313 e. The molecule has 2 unspecified atom stereocenters. The van der Waals surface area contributed by atoms with E-state index < -0.39 is 0 Å². The Labute approximate surface area is 101 Å². The van der Waals surface area contributed by atoms with Crippen molar-refractivity contribution in [2.45, 2.75) is 71.5 Å². The van der Waals surface area contributed by atoms with Gasteiger partial charge >= 0.3 is 0 Å². The monoisotopic (exact) mass is 224 g/mol. The Morgan fingerprint density at radius 1 is 1.25 bits per heavy atom. The molecule has 1 heterocycles. The van der Waals surface area contributed by atoms with Crippen LogP contribution in [0.3, 0.4) is 0 Å². The van der Waals surface area contributed by atoms with Crippen LogP contribution in [0.4, 0.5) is 0 Å². The summed E-state index contributed by atoms with van der Waals surface area (Å²) >= 11 is 0. The molecule has 0 aromatic carbocycles. The first-order valence-electron chi connectivity index (χ1n) is 6.95. The third kappa shape index (κ3) is 3.46. The molecule has 94 valence electrons. The molecule has 2 atom stereocenters. The summed E-state index contributed by atoms with van der Waals surface area (Å²) in [4.78, 5) is 2.72. The van der Waals surface area contributed by atoms with Crippen molar-refractivity contribution in [2.24, 2.45) is 5.41 Å². The van der Waals surface area contributed by atoms with Gasteiger partial charge in [-0.1, -0.05) is 20.8 Å². The molecule has 16 heavy (non-hydrogen) atoms. The quantitative estimate of drug-likeness (QED) is 0.790. The highest BCUT2D eigenvalue weighted by Crippen LogP contribution is 2.33. The first-order valence-corrected chi connectivity index (χ1v) is 6.95. The molecule has 2 rings (SSSR count). The zero-order valence-corrected chi connectivity index (χ0v) is 11.4. The summed E-state index contributed by atoms with van der Waals surface area (Å²) in [6.07, 6.45) is 5.51. The van der Waals surface area contributed by atoms with Gasteiger partial charge in [0, 0.05) is 24.7 Å². The zero-order chi connectivity index (χ0) is 11.8. The van der Waals surface area contributed by atoms with Gasteiger partial charge in [0.2, 0.25) is 0 Å². The lowest BCUT2D eigenvalue weighted by molar-refractivity contribution is 0.254. The molecule has 0 bridgehead atoms. The van der Waals surface area contributed by atoms with Crippen molar-refractivity contribution in [3.05, 3.63) is 0 Å². The van der Waals surface area contributed by atoms with E-state index in [2.05, 4.69) is 37.9 Å². The van der Waals surface area contributed by atoms with Gasteiger partial charge in [0.15, 0.2) is 0 Å². The van der Waals surface area contributed by atoms with Gasteiger partial charge in [-0.3, -0.25) is 4.90 Å². The first-order chi connectivity index (χ1) is 7.46. The van der Waals surface area contributed by atoms with E-state index in [0.717, 1.165) is 18.1 Å². The number of nitrogens with one attached hydrogen (secondary N) is 1. The average Bonchev–Trinajstić information content (AvgIpc) is 2.90. The van der Waals surface area contributed by atoms with Crippen LogP contribution >= 0.6 is 0 Å². The first kappa shape index (κ1) is 12.4. The van der Waals surface area contributed by atoms with E-state index in [-0.39, 0.29) is 0 Å². The smallest absolute Gasteiger partial charge is 0.0210 e. The molecule has 2 heteroatoms. The van der Waals surface area contributed by atoms with Crippen LogP contribution in [0.5, 0.6) is 0 Å². The van der Waals surface area contributed by atoms with Crippen molar-refractivity contribution in [3.8, 4) is 0 Å². The molecule has 1 saturated heterocycles. The number of likely N-dealkylation sites (tertiary alicyclic amines) is 1. The number of nitrogens with zero attached hydrogens (tertiary/aromatic N) is 1. The number of hydrogen-bond donors (Lipinski definition) is 1. The van der Waals surface area contributed by atoms with E-state index in [1.165, 1.54) is 38.8 Å². The molecule has 2 nitrogen and oxygen atoms in total. The molecule has 2 fully saturated rings. The Morgan fingerprint density at radius 3 is 2.50 bits per heavy atom. The Kier molecular flexibility index (Phi) is 3.60. The highest BCUT2D eigenvalue weighted by molar-refractivity contribution is 4.95. The lowest BCUT2D eigenvalue weighted by Gasteiger charge is -2.21. The van der Waals surface area contributed by atoms with Gasteiger partial charge in [0.05, 0.1) is 0 Å². The summed E-state index contributed by atoms with van der Waals surface area (Å²) in [5, 5.41) is 3.74. The lowest BCUT2D eigenvalue weighted by atomic mass is 9.92. The second kappa shape index (κ2) is 4.66. The maximum Gasteiger partial charge on any atom is 0.0210 e. The van der Waals surface area contributed by atoms with Crippen LogP contribution < -0.4 is 5.32 Å². The van der Waals surface area contributed by atoms with Crippen molar-refractivity contribution >= 4 is 0 Å². The molecule has 1 N–H and O–H groups in total. The van der Waals surface area contributed by atoms with Crippen molar-refractivity contribution < 1.29 is 0 Å². The summed E-state index contributed by atoms with van der Waals surface area (Å²) in [5.41, 5.74) is 0.466. The van der Waals surface area contributed by atoms with Crippen LogP contribution in [0.1, 0.15) is 53.4 Å². The van der Waals surface area contributed by atoms with Crippen LogP contribution in [0, 0.1) is 5.41 Å². The maximum absolute atomic E-state index is 3.74. The van der Waals surface area contributed by atoms with Gasteiger partial charge in [-0.25, -0.2) is 0 Å². The van der Waals surface area contributed by atoms with Gasteiger partial charge in [-0.2, -0.15) is 0 Å². The summed E-state index contributed by atoms with van der Waals surface area (Å²) in [5.74, 6) is 0. The fourth-order valence-electron chi connectivity index (χ4n) is 2.77. The fourth-order valence-corrected chi connectivity index (χ4v) is 2.77. The van der Waals surface area contributed by atoms with Crippen LogP contribution in [-0.4, -0.2) is 36.1 Å². The fraction of sp³-hybridized carbons (Fsp3) is 1.00. The predicted molar refractivity (Wildman–Crippen MR) is 69.7 cm³/mol. The van der Waals surface area contributed by atoms with E-state index in [1.54, 1.807) is 0 Å². The van der Waals surface area contributed by atoms with E-state index in [9.17, 15) is 0 Å². The van der Waals surface area contributed by atoms with E-state index >= 15 is 0 Å².